The van der Waals surface area contributed by atoms with Gasteiger partial charge in [0.2, 0.25) is 0 Å². The highest BCUT2D eigenvalue weighted by molar-refractivity contribution is 7.80. The summed E-state index contributed by atoms with van der Waals surface area (Å²) in [5, 5.41) is 0. The SMILES string of the molecule is CC1CCC(C(C)C)C(OC(=O)c2ccc(S)cc2)C1. The monoisotopic (exact) mass is 292 g/mol. The van der Waals surface area contributed by atoms with Crippen LogP contribution in [0.1, 0.15) is 50.4 Å². The summed E-state index contributed by atoms with van der Waals surface area (Å²) in [7, 11) is 0. The molecule has 1 saturated carbocycles. The van der Waals surface area contributed by atoms with Crippen molar-refractivity contribution in [2.45, 2.75) is 51.0 Å². The van der Waals surface area contributed by atoms with Gasteiger partial charge in [-0.25, -0.2) is 4.79 Å². The summed E-state index contributed by atoms with van der Waals surface area (Å²) < 4.78 is 5.80. The van der Waals surface area contributed by atoms with Crippen LogP contribution < -0.4 is 0 Å². The molecule has 0 bridgehead atoms. The lowest BCUT2D eigenvalue weighted by Gasteiger charge is -2.36. The smallest absolute Gasteiger partial charge is 0.338 e. The number of hydrogen-bond donors (Lipinski definition) is 1. The van der Waals surface area contributed by atoms with Crippen molar-refractivity contribution >= 4 is 18.6 Å². The normalized spacial score (nSPS) is 26.6. The predicted molar refractivity (Wildman–Crippen MR) is 84.2 cm³/mol. The van der Waals surface area contributed by atoms with Crippen LogP contribution >= 0.6 is 12.6 Å². The number of benzene rings is 1. The standard InChI is InChI=1S/C17H24O2S/c1-11(2)15-9-4-12(3)10-16(15)19-17(18)13-5-7-14(20)8-6-13/h5-8,11-12,15-16,20H,4,9-10H2,1-3H3. The summed E-state index contributed by atoms with van der Waals surface area (Å²) in [5.41, 5.74) is 0.614. The van der Waals surface area contributed by atoms with E-state index in [1.165, 1.54) is 6.42 Å². The molecule has 3 heteroatoms. The lowest BCUT2D eigenvalue weighted by atomic mass is 9.75. The molecule has 0 spiro atoms. The van der Waals surface area contributed by atoms with Gasteiger partial charge < -0.3 is 4.74 Å². The second-order valence-electron chi connectivity index (χ2n) is 6.32. The third-order valence-electron chi connectivity index (χ3n) is 4.32. The number of ether oxygens (including phenoxy) is 1. The van der Waals surface area contributed by atoms with Crippen LogP contribution in [0.2, 0.25) is 0 Å². The van der Waals surface area contributed by atoms with Crippen LogP contribution in [0.25, 0.3) is 0 Å². The molecule has 2 rings (SSSR count). The fourth-order valence-corrected chi connectivity index (χ4v) is 3.20. The van der Waals surface area contributed by atoms with Crippen molar-refractivity contribution < 1.29 is 9.53 Å². The number of esters is 1. The average Bonchev–Trinajstić information content (AvgIpc) is 2.39. The third-order valence-corrected chi connectivity index (χ3v) is 4.62. The van der Waals surface area contributed by atoms with Crippen LogP contribution in [0, 0.1) is 17.8 Å². The van der Waals surface area contributed by atoms with Crippen molar-refractivity contribution in [1.82, 2.24) is 0 Å². The van der Waals surface area contributed by atoms with E-state index < -0.39 is 0 Å². The van der Waals surface area contributed by atoms with Crippen molar-refractivity contribution in [2.24, 2.45) is 17.8 Å². The first-order chi connectivity index (χ1) is 9.47. The molecule has 20 heavy (non-hydrogen) atoms. The number of carbonyl (C=O) groups excluding carboxylic acids is 1. The maximum Gasteiger partial charge on any atom is 0.338 e. The zero-order valence-electron chi connectivity index (χ0n) is 12.5. The van der Waals surface area contributed by atoms with Gasteiger partial charge in [0.15, 0.2) is 0 Å². The van der Waals surface area contributed by atoms with Crippen molar-refractivity contribution in [1.29, 1.82) is 0 Å². The quantitative estimate of drug-likeness (QED) is 0.651. The third kappa shape index (κ3) is 3.78. The second kappa shape index (κ2) is 6.66. The Balaban J connectivity index is 2.05. The van der Waals surface area contributed by atoms with Gasteiger partial charge in [0, 0.05) is 4.90 Å². The molecule has 1 aromatic rings. The van der Waals surface area contributed by atoms with Crippen molar-refractivity contribution in [3.63, 3.8) is 0 Å². The molecule has 3 unspecified atom stereocenters. The Morgan fingerprint density at radius 3 is 2.50 bits per heavy atom. The Bertz CT molecular complexity index is 453. The molecule has 110 valence electrons. The minimum atomic E-state index is -0.205. The van der Waals surface area contributed by atoms with Crippen molar-refractivity contribution in [3.05, 3.63) is 29.8 Å². The van der Waals surface area contributed by atoms with E-state index in [0.717, 1.165) is 17.7 Å². The minimum Gasteiger partial charge on any atom is -0.458 e. The topological polar surface area (TPSA) is 26.3 Å². The van der Waals surface area contributed by atoms with E-state index >= 15 is 0 Å². The molecule has 1 fully saturated rings. The van der Waals surface area contributed by atoms with Gasteiger partial charge in [-0.3, -0.25) is 0 Å². The van der Waals surface area contributed by atoms with Crippen LogP contribution in [-0.2, 0) is 4.74 Å². The molecular formula is C17H24O2S. The molecule has 0 aliphatic heterocycles. The van der Waals surface area contributed by atoms with E-state index in [4.69, 9.17) is 4.74 Å². The Hall–Kier alpha value is -0.960. The van der Waals surface area contributed by atoms with Gasteiger partial charge in [0.1, 0.15) is 6.10 Å². The van der Waals surface area contributed by atoms with E-state index in [1.54, 1.807) is 12.1 Å². The molecule has 3 atom stereocenters. The van der Waals surface area contributed by atoms with Crippen molar-refractivity contribution in [3.8, 4) is 0 Å². The van der Waals surface area contributed by atoms with E-state index in [2.05, 4.69) is 33.4 Å². The van der Waals surface area contributed by atoms with Gasteiger partial charge in [-0.1, -0.05) is 27.2 Å². The lowest BCUT2D eigenvalue weighted by Crippen LogP contribution is -2.35. The Kier molecular flexibility index (Phi) is 5.14. The van der Waals surface area contributed by atoms with E-state index in [0.29, 0.717) is 23.3 Å². The second-order valence-corrected chi connectivity index (χ2v) is 6.83. The van der Waals surface area contributed by atoms with Crippen LogP contribution in [0.5, 0.6) is 0 Å². The maximum atomic E-state index is 12.3. The molecule has 0 saturated heterocycles. The summed E-state index contributed by atoms with van der Waals surface area (Å²) in [6.07, 6.45) is 3.44. The molecule has 0 radical (unpaired) electrons. The van der Waals surface area contributed by atoms with Crippen molar-refractivity contribution in [2.75, 3.05) is 0 Å². The predicted octanol–water partition coefficient (Wildman–Crippen LogP) is 4.59. The van der Waals surface area contributed by atoms with Gasteiger partial charge >= 0.3 is 5.97 Å². The summed E-state index contributed by atoms with van der Waals surface area (Å²) in [6, 6.07) is 7.20. The summed E-state index contributed by atoms with van der Waals surface area (Å²) in [6.45, 7) is 6.68. The summed E-state index contributed by atoms with van der Waals surface area (Å²) >= 11 is 4.23. The molecule has 1 aliphatic carbocycles. The Morgan fingerprint density at radius 1 is 1.25 bits per heavy atom. The van der Waals surface area contributed by atoms with E-state index in [1.807, 2.05) is 12.1 Å². The van der Waals surface area contributed by atoms with Crippen LogP contribution in [0.15, 0.2) is 29.2 Å². The largest absolute Gasteiger partial charge is 0.458 e. The lowest BCUT2D eigenvalue weighted by molar-refractivity contribution is -0.0174. The molecule has 2 nitrogen and oxygen atoms in total. The molecule has 0 aromatic heterocycles. The molecule has 0 heterocycles. The highest BCUT2D eigenvalue weighted by Gasteiger charge is 2.33. The zero-order chi connectivity index (χ0) is 14.7. The highest BCUT2D eigenvalue weighted by atomic mass is 32.1. The van der Waals surface area contributed by atoms with Crippen LogP contribution in [-0.4, -0.2) is 12.1 Å². The van der Waals surface area contributed by atoms with Gasteiger partial charge in [-0.2, -0.15) is 0 Å². The van der Waals surface area contributed by atoms with E-state index in [9.17, 15) is 4.79 Å². The molecule has 0 N–H and O–H groups in total. The Morgan fingerprint density at radius 2 is 1.90 bits per heavy atom. The number of thiol groups is 1. The molecular weight excluding hydrogens is 268 g/mol. The average molecular weight is 292 g/mol. The van der Waals surface area contributed by atoms with Crippen LogP contribution in [0.3, 0.4) is 0 Å². The molecule has 1 aliphatic rings. The first-order valence-electron chi connectivity index (χ1n) is 7.47. The van der Waals surface area contributed by atoms with E-state index in [-0.39, 0.29) is 12.1 Å². The van der Waals surface area contributed by atoms with Gasteiger partial charge in [-0.05, 0) is 54.9 Å². The highest BCUT2D eigenvalue weighted by Crippen LogP contribution is 2.35. The minimum absolute atomic E-state index is 0.0573. The number of hydrogen-bond acceptors (Lipinski definition) is 3. The summed E-state index contributed by atoms with van der Waals surface area (Å²) in [4.78, 5) is 13.1. The molecule has 1 aromatic carbocycles. The first kappa shape index (κ1) is 15.4. The Labute approximate surface area is 127 Å². The molecule has 0 amide bonds. The number of rotatable bonds is 3. The maximum absolute atomic E-state index is 12.3. The number of carbonyl (C=O) groups is 1. The zero-order valence-corrected chi connectivity index (χ0v) is 13.4. The van der Waals surface area contributed by atoms with Gasteiger partial charge in [-0.15, -0.1) is 12.6 Å². The van der Waals surface area contributed by atoms with Gasteiger partial charge in [0.05, 0.1) is 5.56 Å². The van der Waals surface area contributed by atoms with Crippen LogP contribution in [0.4, 0.5) is 0 Å². The van der Waals surface area contributed by atoms with Gasteiger partial charge in [0.25, 0.3) is 0 Å². The summed E-state index contributed by atoms with van der Waals surface area (Å²) in [5.74, 6) is 1.48. The fraction of sp³-hybridized carbons (Fsp3) is 0.588. The fourth-order valence-electron chi connectivity index (χ4n) is 3.05. The first-order valence-corrected chi connectivity index (χ1v) is 7.92.